The summed E-state index contributed by atoms with van der Waals surface area (Å²) in [4.78, 5) is 15.3. The zero-order valence-corrected chi connectivity index (χ0v) is 25.2. The van der Waals surface area contributed by atoms with Gasteiger partial charge in [-0.05, 0) is 68.0 Å². The van der Waals surface area contributed by atoms with Crippen LogP contribution in [0, 0.1) is 0 Å². The fourth-order valence-corrected chi connectivity index (χ4v) is 6.92. The van der Waals surface area contributed by atoms with Crippen LogP contribution in [0.1, 0.15) is 0 Å². The molecular weight excluding hydrogens is 574 g/mol. The number of hydrogen-bond donors (Lipinski definition) is 0. The van der Waals surface area contributed by atoms with E-state index in [-0.39, 0.29) is 0 Å². The smallest absolute Gasteiger partial charge is 0.164 e. The van der Waals surface area contributed by atoms with E-state index >= 15 is 0 Å². The highest BCUT2D eigenvalue weighted by Crippen LogP contribution is 2.39. The van der Waals surface area contributed by atoms with Crippen LogP contribution in [0.2, 0.25) is 0 Å². The molecule has 0 radical (unpaired) electrons. The van der Waals surface area contributed by atoms with Gasteiger partial charge in [0, 0.05) is 32.8 Å². The van der Waals surface area contributed by atoms with Crippen molar-refractivity contribution in [1.29, 1.82) is 0 Å². The third-order valence-corrected chi connectivity index (χ3v) is 9.25. The molecule has 2 heterocycles. The standard InChI is InChI=1S/C43H25N3O/c1-3-9-30-23-32(18-13-26(30)7-1)41-44-42(33-19-14-27-8-2-4-10-31(27)24-33)46-43(45-41)34-20-16-28-15-17-29-21-22-38-40(39(29)36(28)25-34)35-11-5-6-12-37(35)47-38/h1-25H. The van der Waals surface area contributed by atoms with Crippen LogP contribution in [0.3, 0.4) is 0 Å². The number of para-hydroxylation sites is 1. The Kier molecular flexibility index (Phi) is 5.54. The number of benzene rings is 8. The average molecular weight is 600 g/mol. The minimum atomic E-state index is 0.634. The number of aromatic nitrogens is 3. The van der Waals surface area contributed by atoms with Gasteiger partial charge in [0.05, 0.1) is 0 Å². The predicted molar refractivity (Wildman–Crippen MR) is 193 cm³/mol. The van der Waals surface area contributed by atoms with Crippen molar-refractivity contribution >= 4 is 65.0 Å². The Morgan fingerprint density at radius 3 is 1.47 bits per heavy atom. The summed E-state index contributed by atoms with van der Waals surface area (Å²) >= 11 is 0. The van der Waals surface area contributed by atoms with Crippen molar-refractivity contribution in [3.8, 4) is 34.2 Å². The van der Waals surface area contributed by atoms with E-state index in [2.05, 4.69) is 140 Å². The molecule has 0 saturated heterocycles. The molecule has 218 valence electrons. The number of rotatable bonds is 3. The summed E-state index contributed by atoms with van der Waals surface area (Å²) in [6, 6.07) is 52.9. The molecular formula is C43H25N3O. The van der Waals surface area contributed by atoms with Gasteiger partial charge in [0.25, 0.3) is 0 Å². The molecule has 8 aromatic carbocycles. The fourth-order valence-electron chi connectivity index (χ4n) is 6.92. The zero-order chi connectivity index (χ0) is 30.9. The van der Waals surface area contributed by atoms with Crippen LogP contribution in [-0.2, 0) is 0 Å². The number of furan rings is 1. The first-order valence-corrected chi connectivity index (χ1v) is 15.8. The quantitative estimate of drug-likeness (QED) is 0.190. The lowest BCUT2D eigenvalue weighted by Gasteiger charge is -2.11. The maximum atomic E-state index is 6.28. The summed E-state index contributed by atoms with van der Waals surface area (Å²) in [5.74, 6) is 1.92. The van der Waals surface area contributed by atoms with E-state index in [0.717, 1.165) is 65.6 Å². The molecule has 0 aliphatic rings. The SMILES string of the molecule is c1ccc2cc(-c3nc(-c4ccc5ccccc5c4)nc(-c4ccc5ccc6ccc7oc8ccccc8c7c6c5c4)n3)ccc2c1. The molecule has 47 heavy (non-hydrogen) atoms. The lowest BCUT2D eigenvalue weighted by Crippen LogP contribution is -2.00. The van der Waals surface area contributed by atoms with Crippen molar-refractivity contribution in [2.75, 3.05) is 0 Å². The Bertz CT molecular complexity index is 2770. The van der Waals surface area contributed by atoms with E-state index in [1.54, 1.807) is 0 Å². The summed E-state index contributed by atoms with van der Waals surface area (Å²) in [5.41, 5.74) is 4.61. The number of nitrogens with zero attached hydrogens (tertiary/aromatic N) is 3. The average Bonchev–Trinajstić information content (AvgIpc) is 3.53. The Morgan fingerprint density at radius 2 is 0.809 bits per heavy atom. The molecule has 0 bridgehead atoms. The maximum absolute atomic E-state index is 6.28. The van der Waals surface area contributed by atoms with Crippen molar-refractivity contribution in [2.24, 2.45) is 0 Å². The van der Waals surface area contributed by atoms with E-state index in [1.165, 1.54) is 16.2 Å². The van der Waals surface area contributed by atoms with Crippen molar-refractivity contribution in [3.05, 3.63) is 152 Å². The van der Waals surface area contributed by atoms with Gasteiger partial charge in [-0.1, -0.05) is 121 Å². The second-order valence-electron chi connectivity index (χ2n) is 12.1. The van der Waals surface area contributed by atoms with Crippen molar-refractivity contribution in [2.45, 2.75) is 0 Å². The van der Waals surface area contributed by atoms with E-state index < -0.39 is 0 Å². The fraction of sp³-hybridized carbons (Fsp3) is 0. The molecule has 0 N–H and O–H groups in total. The first-order chi connectivity index (χ1) is 23.2. The minimum Gasteiger partial charge on any atom is -0.456 e. The molecule has 0 saturated carbocycles. The Labute approximate surface area is 269 Å². The Balaban J connectivity index is 1.23. The van der Waals surface area contributed by atoms with E-state index in [4.69, 9.17) is 19.4 Å². The molecule has 4 heteroatoms. The minimum absolute atomic E-state index is 0.634. The van der Waals surface area contributed by atoms with Gasteiger partial charge in [0.15, 0.2) is 17.5 Å². The Hall–Kier alpha value is -6.39. The van der Waals surface area contributed by atoms with Crippen LogP contribution in [0.5, 0.6) is 0 Å². The molecule has 0 aliphatic carbocycles. The molecule has 0 atom stereocenters. The summed E-state index contributed by atoms with van der Waals surface area (Å²) in [7, 11) is 0. The first-order valence-electron chi connectivity index (χ1n) is 15.8. The summed E-state index contributed by atoms with van der Waals surface area (Å²) in [6.45, 7) is 0. The van der Waals surface area contributed by atoms with Gasteiger partial charge in [0.2, 0.25) is 0 Å². The normalized spacial score (nSPS) is 11.8. The maximum Gasteiger partial charge on any atom is 0.164 e. The zero-order valence-electron chi connectivity index (χ0n) is 25.2. The van der Waals surface area contributed by atoms with E-state index in [9.17, 15) is 0 Å². The monoisotopic (exact) mass is 599 g/mol. The number of fused-ring (bicyclic) bond motifs is 9. The summed E-state index contributed by atoms with van der Waals surface area (Å²) in [5, 5.41) is 11.5. The predicted octanol–water partition coefficient (Wildman–Crippen LogP) is 11.4. The lowest BCUT2D eigenvalue weighted by molar-refractivity contribution is 0.669. The van der Waals surface area contributed by atoms with E-state index in [1.807, 2.05) is 12.1 Å². The molecule has 0 spiro atoms. The second kappa shape index (κ2) is 10.1. The topological polar surface area (TPSA) is 51.8 Å². The molecule has 2 aromatic heterocycles. The highest BCUT2D eigenvalue weighted by Gasteiger charge is 2.16. The van der Waals surface area contributed by atoms with Crippen LogP contribution in [0.4, 0.5) is 0 Å². The van der Waals surface area contributed by atoms with Gasteiger partial charge < -0.3 is 4.42 Å². The molecule has 0 aliphatic heterocycles. The van der Waals surface area contributed by atoms with Gasteiger partial charge in [0.1, 0.15) is 11.2 Å². The van der Waals surface area contributed by atoms with Gasteiger partial charge in [-0.2, -0.15) is 0 Å². The van der Waals surface area contributed by atoms with Crippen LogP contribution >= 0.6 is 0 Å². The van der Waals surface area contributed by atoms with Crippen molar-refractivity contribution in [3.63, 3.8) is 0 Å². The van der Waals surface area contributed by atoms with Crippen molar-refractivity contribution < 1.29 is 4.42 Å². The van der Waals surface area contributed by atoms with Crippen LogP contribution in [-0.4, -0.2) is 15.0 Å². The molecule has 0 unspecified atom stereocenters. The van der Waals surface area contributed by atoms with Gasteiger partial charge >= 0.3 is 0 Å². The van der Waals surface area contributed by atoms with Crippen LogP contribution in [0.15, 0.2) is 156 Å². The van der Waals surface area contributed by atoms with E-state index in [0.29, 0.717) is 17.5 Å². The van der Waals surface area contributed by atoms with Crippen LogP contribution in [0.25, 0.3) is 99.2 Å². The van der Waals surface area contributed by atoms with Gasteiger partial charge in [-0.25, -0.2) is 15.0 Å². The van der Waals surface area contributed by atoms with Crippen molar-refractivity contribution in [1.82, 2.24) is 15.0 Å². The molecule has 10 aromatic rings. The van der Waals surface area contributed by atoms with Gasteiger partial charge in [-0.15, -0.1) is 0 Å². The summed E-state index contributed by atoms with van der Waals surface area (Å²) < 4.78 is 6.28. The second-order valence-corrected chi connectivity index (χ2v) is 12.1. The number of hydrogen-bond acceptors (Lipinski definition) is 4. The molecule has 4 nitrogen and oxygen atoms in total. The van der Waals surface area contributed by atoms with Gasteiger partial charge in [-0.3, -0.25) is 0 Å². The molecule has 10 rings (SSSR count). The highest BCUT2D eigenvalue weighted by atomic mass is 16.3. The lowest BCUT2D eigenvalue weighted by atomic mass is 9.96. The molecule has 0 amide bonds. The van der Waals surface area contributed by atoms with Crippen LogP contribution < -0.4 is 0 Å². The highest BCUT2D eigenvalue weighted by molar-refractivity contribution is 6.26. The third kappa shape index (κ3) is 4.19. The first kappa shape index (κ1) is 25.9. The largest absolute Gasteiger partial charge is 0.456 e. The summed E-state index contributed by atoms with van der Waals surface area (Å²) in [6.07, 6.45) is 0. The molecule has 0 fully saturated rings. The Morgan fingerprint density at radius 1 is 0.319 bits per heavy atom. The third-order valence-electron chi connectivity index (χ3n) is 9.25.